The van der Waals surface area contributed by atoms with Gasteiger partial charge in [-0.15, -0.1) is 0 Å². The summed E-state index contributed by atoms with van der Waals surface area (Å²) in [5, 5.41) is 2.64. The number of ether oxygens (including phenoxy) is 2. The highest BCUT2D eigenvalue weighted by molar-refractivity contribution is 9.10. The second-order valence-corrected chi connectivity index (χ2v) is 13.8. The van der Waals surface area contributed by atoms with Crippen LogP contribution in [0.3, 0.4) is 0 Å². The summed E-state index contributed by atoms with van der Waals surface area (Å²) >= 11 is 3.34. The molecule has 0 radical (unpaired) electrons. The Hall–Kier alpha value is -2.04. The van der Waals surface area contributed by atoms with Crippen LogP contribution in [-0.4, -0.2) is 48.2 Å². The highest BCUT2D eigenvalue weighted by Gasteiger charge is 2.24. The number of hydrogen-bond donors (Lipinski definition) is 1. The van der Waals surface area contributed by atoms with Crippen LogP contribution in [0.25, 0.3) is 11.4 Å². The molecule has 0 aliphatic carbocycles. The van der Waals surface area contributed by atoms with Gasteiger partial charge in [0.1, 0.15) is 23.0 Å². The van der Waals surface area contributed by atoms with Crippen molar-refractivity contribution in [1.29, 1.82) is 0 Å². The average molecular weight is 469 g/mol. The number of halogens is 1. The second kappa shape index (κ2) is 9.44. The molecule has 0 bridgehead atoms. The summed E-state index contributed by atoms with van der Waals surface area (Å²) in [7, 11) is 0.0862. The number of aromatic nitrogens is 3. The van der Waals surface area contributed by atoms with Gasteiger partial charge >= 0.3 is 5.97 Å². The summed E-state index contributed by atoms with van der Waals surface area (Å²) in [6.07, 6.45) is 1.57. The van der Waals surface area contributed by atoms with Crippen LogP contribution in [0.2, 0.25) is 25.7 Å². The number of amides is 1. The number of esters is 1. The molecule has 2 aromatic rings. The molecular weight excluding hydrogens is 444 g/mol. The van der Waals surface area contributed by atoms with E-state index < -0.39 is 14.0 Å². The number of nitrogens with zero attached hydrogens (tertiary/aromatic N) is 3. The number of anilines is 1. The van der Waals surface area contributed by atoms with Crippen molar-refractivity contribution in [3.05, 3.63) is 28.6 Å². The first-order valence-electron chi connectivity index (χ1n) is 8.78. The predicted molar refractivity (Wildman–Crippen MR) is 113 cm³/mol. The standard InChI is InChI=1S/C18H25BrN4O4Si/c1-12(24)21-14-10-13(6-7-20-14)17-22-16(19)15(18(25)26-2)23(17)11-27-8-9-28(3,4)5/h6-7,10H,8-9,11H2,1-5H3,(H,20,21,24). The molecule has 10 heteroatoms. The van der Waals surface area contributed by atoms with Gasteiger partial charge in [0, 0.05) is 33.4 Å². The van der Waals surface area contributed by atoms with Crippen LogP contribution in [0.5, 0.6) is 0 Å². The molecule has 2 heterocycles. The van der Waals surface area contributed by atoms with Crippen molar-refractivity contribution in [2.75, 3.05) is 19.0 Å². The van der Waals surface area contributed by atoms with Crippen LogP contribution in [0, 0.1) is 0 Å². The maximum atomic E-state index is 12.3. The number of pyridine rings is 1. The van der Waals surface area contributed by atoms with E-state index in [1.165, 1.54) is 14.0 Å². The molecule has 1 N–H and O–H groups in total. The normalized spacial score (nSPS) is 11.4. The molecule has 1 amide bonds. The number of hydrogen-bond acceptors (Lipinski definition) is 6. The van der Waals surface area contributed by atoms with E-state index in [4.69, 9.17) is 9.47 Å². The van der Waals surface area contributed by atoms with Crippen molar-refractivity contribution >= 4 is 41.7 Å². The predicted octanol–water partition coefficient (Wildman–Crippen LogP) is 3.76. The van der Waals surface area contributed by atoms with Crippen molar-refractivity contribution in [3.8, 4) is 11.4 Å². The summed E-state index contributed by atoms with van der Waals surface area (Å²) in [6, 6.07) is 4.45. The number of rotatable bonds is 8. The number of methoxy groups -OCH3 is 1. The SMILES string of the molecule is COC(=O)c1c(Br)nc(-c2ccnc(NC(C)=O)c2)n1COCC[Si](C)(C)C. The van der Waals surface area contributed by atoms with Gasteiger partial charge < -0.3 is 14.8 Å². The maximum absolute atomic E-state index is 12.3. The van der Waals surface area contributed by atoms with E-state index in [1.807, 2.05) is 0 Å². The molecule has 0 saturated heterocycles. The third kappa shape index (κ3) is 5.98. The van der Waals surface area contributed by atoms with Gasteiger partial charge in [-0.1, -0.05) is 19.6 Å². The fraction of sp³-hybridized carbons (Fsp3) is 0.444. The van der Waals surface area contributed by atoms with Crippen LogP contribution in [0.1, 0.15) is 17.4 Å². The van der Waals surface area contributed by atoms with Crippen LogP contribution in [0.4, 0.5) is 5.82 Å². The van der Waals surface area contributed by atoms with E-state index in [0.29, 0.717) is 28.4 Å². The molecule has 0 aliphatic heterocycles. The van der Waals surface area contributed by atoms with E-state index in [1.54, 1.807) is 22.9 Å². The third-order valence-electron chi connectivity index (χ3n) is 3.84. The smallest absolute Gasteiger partial charge is 0.357 e. The molecule has 0 spiro atoms. The van der Waals surface area contributed by atoms with Gasteiger partial charge in [-0.25, -0.2) is 14.8 Å². The fourth-order valence-electron chi connectivity index (χ4n) is 2.41. The molecule has 152 valence electrons. The van der Waals surface area contributed by atoms with Crippen molar-refractivity contribution in [3.63, 3.8) is 0 Å². The van der Waals surface area contributed by atoms with E-state index in [9.17, 15) is 9.59 Å². The maximum Gasteiger partial charge on any atom is 0.357 e. The van der Waals surface area contributed by atoms with Gasteiger partial charge in [0.25, 0.3) is 0 Å². The van der Waals surface area contributed by atoms with Gasteiger partial charge in [-0.3, -0.25) is 9.36 Å². The molecular formula is C18H25BrN4O4Si. The first-order chi connectivity index (χ1) is 13.1. The fourth-order valence-corrected chi connectivity index (χ4v) is 3.71. The van der Waals surface area contributed by atoms with E-state index >= 15 is 0 Å². The zero-order valence-electron chi connectivity index (χ0n) is 16.7. The lowest BCUT2D eigenvalue weighted by atomic mass is 10.2. The van der Waals surface area contributed by atoms with Gasteiger partial charge in [0.2, 0.25) is 5.91 Å². The molecule has 28 heavy (non-hydrogen) atoms. The quantitative estimate of drug-likeness (QED) is 0.359. The van der Waals surface area contributed by atoms with Crippen LogP contribution in [0.15, 0.2) is 22.9 Å². The number of nitrogens with one attached hydrogen (secondary N) is 1. The van der Waals surface area contributed by atoms with Crippen LogP contribution in [-0.2, 0) is 21.0 Å². The Balaban J connectivity index is 2.38. The molecule has 2 rings (SSSR count). The zero-order chi connectivity index (χ0) is 20.9. The Morgan fingerprint density at radius 2 is 2.04 bits per heavy atom. The molecule has 0 fully saturated rings. The van der Waals surface area contributed by atoms with Gasteiger partial charge in [0.15, 0.2) is 5.69 Å². The average Bonchev–Trinajstić information content (AvgIpc) is 2.93. The highest BCUT2D eigenvalue weighted by atomic mass is 79.9. The van der Waals surface area contributed by atoms with Crippen molar-refractivity contribution in [2.45, 2.75) is 39.3 Å². The minimum Gasteiger partial charge on any atom is -0.464 e. The highest BCUT2D eigenvalue weighted by Crippen LogP contribution is 2.28. The Labute approximate surface area is 173 Å². The summed E-state index contributed by atoms with van der Waals surface area (Å²) in [4.78, 5) is 32.2. The lowest BCUT2D eigenvalue weighted by molar-refractivity contribution is -0.114. The van der Waals surface area contributed by atoms with E-state index in [-0.39, 0.29) is 18.3 Å². The Morgan fingerprint density at radius 3 is 2.64 bits per heavy atom. The first kappa shape index (κ1) is 22.2. The molecule has 0 aliphatic rings. The zero-order valence-corrected chi connectivity index (χ0v) is 19.3. The second-order valence-electron chi connectivity index (χ2n) is 7.45. The molecule has 2 aromatic heterocycles. The Kier molecular flexibility index (Phi) is 7.50. The largest absolute Gasteiger partial charge is 0.464 e. The van der Waals surface area contributed by atoms with Crippen LogP contribution >= 0.6 is 15.9 Å². The minimum atomic E-state index is -1.23. The van der Waals surface area contributed by atoms with E-state index in [0.717, 1.165) is 6.04 Å². The van der Waals surface area contributed by atoms with Crippen LogP contribution < -0.4 is 5.32 Å². The minimum absolute atomic E-state index is 0.153. The van der Waals surface area contributed by atoms with Gasteiger partial charge in [-0.2, -0.15) is 0 Å². The molecule has 0 atom stereocenters. The molecule has 0 aromatic carbocycles. The summed E-state index contributed by atoms with van der Waals surface area (Å²) in [5.41, 5.74) is 0.951. The molecule has 0 unspecified atom stereocenters. The summed E-state index contributed by atoms with van der Waals surface area (Å²) in [5.74, 6) is 0.166. The summed E-state index contributed by atoms with van der Waals surface area (Å²) < 4.78 is 12.8. The Morgan fingerprint density at radius 1 is 1.32 bits per heavy atom. The molecule has 8 nitrogen and oxygen atoms in total. The monoisotopic (exact) mass is 468 g/mol. The number of carbonyl (C=O) groups excluding carboxylic acids is 2. The van der Waals surface area contributed by atoms with Gasteiger partial charge in [0.05, 0.1) is 7.11 Å². The Bertz CT molecular complexity index is 864. The van der Waals surface area contributed by atoms with E-state index in [2.05, 4.69) is 50.9 Å². The summed E-state index contributed by atoms with van der Waals surface area (Å²) in [6.45, 7) is 8.98. The van der Waals surface area contributed by atoms with Crippen molar-refractivity contribution in [1.82, 2.24) is 14.5 Å². The number of carbonyl (C=O) groups is 2. The molecule has 0 saturated carbocycles. The topological polar surface area (TPSA) is 95.3 Å². The first-order valence-corrected chi connectivity index (χ1v) is 13.3. The van der Waals surface area contributed by atoms with Crippen molar-refractivity contribution in [2.24, 2.45) is 0 Å². The lowest BCUT2D eigenvalue weighted by Crippen LogP contribution is -2.22. The third-order valence-corrected chi connectivity index (χ3v) is 6.10. The lowest BCUT2D eigenvalue weighted by Gasteiger charge is -2.17. The van der Waals surface area contributed by atoms with Crippen molar-refractivity contribution < 1.29 is 19.1 Å². The van der Waals surface area contributed by atoms with Gasteiger partial charge in [-0.05, 0) is 34.1 Å². The number of imidazole rings is 1.